The number of benzene rings is 3. The van der Waals surface area contributed by atoms with Crippen molar-refractivity contribution in [2.45, 2.75) is 51.9 Å². The molecule has 3 aromatic rings. The van der Waals surface area contributed by atoms with E-state index in [1.807, 2.05) is 67.6 Å². The molecule has 10 heteroatoms. The fourth-order valence-electron chi connectivity index (χ4n) is 6.54. The van der Waals surface area contributed by atoms with Crippen LogP contribution >= 0.6 is 0 Å². The average Bonchev–Trinajstić information content (AvgIpc) is 3.66. The van der Waals surface area contributed by atoms with Crippen LogP contribution in [0.1, 0.15) is 65.6 Å². The van der Waals surface area contributed by atoms with Crippen molar-refractivity contribution >= 4 is 29.0 Å². The predicted molar refractivity (Wildman–Crippen MR) is 186 cm³/mol. The molecule has 2 aliphatic rings. The molecule has 0 bridgehead atoms. The molecular formula is C38H45N5O5. The van der Waals surface area contributed by atoms with E-state index in [0.717, 1.165) is 53.5 Å². The molecule has 252 valence electrons. The standard InChI is InChI=1S/C38H45N5O5/c1-24-16-31(35(46)18-27(21-44)22-45)12-15-34(24)28-6-2-25(3-7-28)17-32(19-36(47)29-8-4-26(20-39)5-9-29)38(48)42-33-13-10-30(11-14-33)37-40-23-41-43-37/h2-3,6-7,10-16,26-27,29,32,44-45H,4-5,8-9,17-23,39H2,1H3,(H,42,48). The summed E-state index contributed by atoms with van der Waals surface area (Å²) in [5.74, 6) is -0.201. The van der Waals surface area contributed by atoms with Crippen molar-refractivity contribution < 1.29 is 24.6 Å². The molecule has 1 saturated carbocycles. The van der Waals surface area contributed by atoms with Gasteiger partial charge in [-0.3, -0.25) is 14.4 Å². The number of hydrogen-bond donors (Lipinski definition) is 4. The predicted octanol–water partition coefficient (Wildman–Crippen LogP) is 5.53. The number of nitrogens with one attached hydrogen (secondary N) is 1. The van der Waals surface area contributed by atoms with Gasteiger partial charge in [-0.05, 0) is 104 Å². The number of carbonyl (C=O) groups is 3. The van der Waals surface area contributed by atoms with Crippen LogP contribution in [0, 0.1) is 30.6 Å². The van der Waals surface area contributed by atoms with Crippen LogP contribution in [-0.2, 0) is 16.0 Å². The zero-order chi connectivity index (χ0) is 34.0. The number of aryl methyl sites for hydroxylation is 1. The van der Waals surface area contributed by atoms with E-state index in [0.29, 0.717) is 42.6 Å². The van der Waals surface area contributed by atoms with E-state index in [1.165, 1.54) is 0 Å². The largest absolute Gasteiger partial charge is 0.396 e. The third kappa shape index (κ3) is 8.94. The van der Waals surface area contributed by atoms with Crippen LogP contribution < -0.4 is 11.1 Å². The number of nitrogens with zero attached hydrogens (tertiary/aromatic N) is 3. The number of amidine groups is 1. The minimum absolute atomic E-state index is 0.0397. The van der Waals surface area contributed by atoms with Crippen molar-refractivity contribution in [2.75, 3.05) is 31.7 Å². The number of amides is 1. The third-order valence-electron chi connectivity index (χ3n) is 9.60. The van der Waals surface area contributed by atoms with E-state index >= 15 is 0 Å². The summed E-state index contributed by atoms with van der Waals surface area (Å²) >= 11 is 0. The van der Waals surface area contributed by atoms with E-state index in [9.17, 15) is 24.6 Å². The average molecular weight is 652 g/mol. The fourth-order valence-corrected chi connectivity index (χ4v) is 6.54. The molecular weight excluding hydrogens is 606 g/mol. The summed E-state index contributed by atoms with van der Waals surface area (Å²) in [6.45, 7) is 2.43. The van der Waals surface area contributed by atoms with Crippen LogP contribution in [0.5, 0.6) is 0 Å². The Kier molecular flexibility index (Phi) is 12.1. The molecule has 5 N–H and O–H groups in total. The molecule has 1 heterocycles. The number of hydrogen-bond acceptors (Lipinski definition) is 9. The first kappa shape index (κ1) is 34.9. The lowest BCUT2D eigenvalue weighted by molar-refractivity contribution is -0.129. The number of azo groups is 1. The quantitative estimate of drug-likeness (QED) is 0.158. The molecule has 0 aromatic heterocycles. The molecule has 3 aromatic carbocycles. The lowest BCUT2D eigenvalue weighted by Crippen LogP contribution is -2.31. The first-order valence-corrected chi connectivity index (χ1v) is 16.8. The fraction of sp³-hybridized carbons (Fsp3) is 0.421. The van der Waals surface area contributed by atoms with E-state index in [4.69, 9.17) is 5.73 Å². The molecule has 1 atom stereocenters. The molecule has 1 aliphatic carbocycles. The Bertz CT molecular complexity index is 1640. The van der Waals surface area contributed by atoms with E-state index < -0.39 is 11.8 Å². The van der Waals surface area contributed by atoms with Gasteiger partial charge in [0.1, 0.15) is 5.78 Å². The van der Waals surface area contributed by atoms with Gasteiger partial charge < -0.3 is 21.3 Å². The molecule has 0 saturated heterocycles. The molecule has 10 nitrogen and oxygen atoms in total. The second kappa shape index (κ2) is 16.6. The number of Topliss-reactive ketones (excluding diaryl/α,β-unsaturated/α-hetero) is 2. The molecule has 1 amide bonds. The Balaban J connectivity index is 1.29. The lowest BCUT2D eigenvalue weighted by Gasteiger charge is -2.27. The smallest absolute Gasteiger partial charge is 0.228 e. The normalized spacial score (nSPS) is 18.1. The molecule has 1 aliphatic heterocycles. The summed E-state index contributed by atoms with van der Waals surface area (Å²) in [6, 6.07) is 20.8. The molecule has 1 fully saturated rings. The maximum atomic E-state index is 13.7. The minimum Gasteiger partial charge on any atom is -0.396 e. The summed E-state index contributed by atoms with van der Waals surface area (Å²) < 4.78 is 0. The van der Waals surface area contributed by atoms with Gasteiger partial charge in [0.15, 0.2) is 18.3 Å². The molecule has 48 heavy (non-hydrogen) atoms. The molecule has 0 spiro atoms. The highest BCUT2D eigenvalue weighted by atomic mass is 16.3. The monoisotopic (exact) mass is 651 g/mol. The maximum Gasteiger partial charge on any atom is 0.228 e. The number of anilines is 1. The highest BCUT2D eigenvalue weighted by Gasteiger charge is 2.30. The van der Waals surface area contributed by atoms with E-state index in [-0.39, 0.29) is 49.4 Å². The lowest BCUT2D eigenvalue weighted by atomic mass is 9.77. The third-order valence-corrected chi connectivity index (χ3v) is 9.60. The summed E-state index contributed by atoms with van der Waals surface area (Å²) in [7, 11) is 0. The van der Waals surface area contributed by atoms with Crippen molar-refractivity contribution in [3.8, 4) is 11.1 Å². The highest BCUT2D eigenvalue weighted by Crippen LogP contribution is 2.32. The van der Waals surface area contributed by atoms with Crippen molar-refractivity contribution in [1.82, 2.24) is 0 Å². The first-order chi connectivity index (χ1) is 23.3. The number of ketones is 2. The molecule has 1 unspecified atom stereocenters. The minimum atomic E-state index is -0.544. The Morgan fingerprint density at radius 3 is 2.19 bits per heavy atom. The Morgan fingerprint density at radius 1 is 0.896 bits per heavy atom. The van der Waals surface area contributed by atoms with Crippen LogP contribution in [-0.4, -0.2) is 59.9 Å². The number of carbonyl (C=O) groups excluding carboxylic acids is 3. The van der Waals surface area contributed by atoms with Gasteiger partial charge in [0.2, 0.25) is 5.91 Å². The zero-order valence-corrected chi connectivity index (χ0v) is 27.5. The van der Waals surface area contributed by atoms with Gasteiger partial charge >= 0.3 is 0 Å². The Morgan fingerprint density at radius 2 is 1.58 bits per heavy atom. The van der Waals surface area contributed by atoms with Crippen molar-refractivity contribution in [3.05, 3.63) is 89.0 Å². The number of aliphatic imine (C=N–C) groups is 1. The topological polar surface area (TPSA) is 167 Å². The van der Waals surface area contributed by atoms with Gasteiger partial charge in [-0.15, -0.1) is 5.11 Å². The summed E-state index contributed by atoms with van der Waals surface area (Å²) in [4.78, 5) is 44.1. The van der Waals surface area contributed by atoms with E-state index in [1.54, 1.807) is 6.07 Å². The van der Waals surface area contributed by atoms with Gasteiger partial charge in [-0.1, -0.05) is 36.4 Å². The molecule has 0 radical (unpaired) electrons. The zero-order valence-electron chi connectivity index (χ0n) is 27.5. The van der Waals surface area contributed by atoms with Crippen LogP contribution in [0.3, 0.4) is 0 Å². The van der Waals surface area contributed by atoms with Crippen LogP contribution in [0.2, 0.25) is 0 Å². The van der Waals surface area contributed by atoms with Gasteiger partial charge in [0, 0.05) is 60.6 Å². The van der Waals surface area contributed by atoms with Gasteiger partial charge in [0.25, 0.3) is 0 Å². The van der Waals surface area contributed by atoms with Crippen molar-refractivity contribution in [3.63, 3.8) is 0 Å². The number of rotatable bonds is 15. The second-order valence-electron chi connectivity index (χ2n) is 13.0. The first-order valence-electron chi connectivity index (χ1n) is 16.8. The maximum absolute atomic E-state index is 13.7. The Labute approximate surface area is 281 Å². The number of aliphatic hydroxyl groups excluding tert-OH is 2. The highest BCUT2D eigenvalue weighted by molar-refractivity contribution is 6.01. The van der Waals surface area contributed by atoms with Crippen molar-refractivity contribution in [2.24, 2.45) is 44.6 Å². The van der Waals surface area contributed by atoms with E-state index in [2.05, 4.69) is 20.5 Å². The Hall–Kier alpha value is -4.38. The summed E-state index contributed by atoms with van der Waals surface area (Å²) in [5.41, 5.74) is 11.7. The number of aliphatic hydroxyl groups is 2. The van der Waals surface area contributed by atoms with Gasteiger partial charge in [-0.2, -0.15) is 5.11 Å². The van der Waals surface area contributed by atoms with Crippen LogP contribution in [0.4, 0.5) is 5.69 Å². The number of nitrogens with two attached hydrogens (primary N) is 1. The summed E-state index contributed by atoms with van der Waals surface area (Å²) in [6.07, 6.45) is 4.20. The van der Waals surface area contributed by atoms with Gasteiger partial charge in [0.05, 0.1) is 0 Å². The van der Waals surface area contributed by atoms with Crippen LogP contribution in [0.25, 0.3) is 11.1 Å². The summed E-state index contributed by atoms with van der Waals surface area (Å²) in [5, 5.41) is 29.6. The van der Waals surface area contributed by atoms with Crippen molar-refractivity contribution in [1.29, 1.82) is 0 Å². The SMILES string of the molecule is Cc1cc(C(=O)CC(CO)CO)ccc1-c1ccc(CC(CC(=O)C2CCC(CN)CC2)C(=O)Nc2ccc(C3=NCN=N3)cc2)cc1. The van der Waals surface area contributed by atoms with Gasteiger partial charge in [-0.25, -0.2) is 4.99 Å². The van der Waals surface area contributed by atoms with Crippen LogP contribution in [0.15, 0.2) is 82.0 Å². The second-order valence-corrected chi connectivity index (χ2v) is 13.0. The molecule has 5 rings (SSSR count).